The topological polar surface area (TPSA) is 96.0 Å². The van der Waals surface area contributed by atoms with Crippen LogP contribution in [0.2, 0.25) is 0 Å². The molecule has 1 N–H and O–H groups in total. The highest BCUT2D eigenvalue weighted by atomic mass is 16.5. The average molecular weight is 407 g/mol. The van der Waals surface area contributed by atoms with Gasteiger partial charge in [-0.1, -0.05) is 24.3 Å². The molecule has 3 rings (SSSR count). The summed E-state index contributed by atoms with van der Waals surface area (Å²) in [5.41, 5.74) is 1.25. The van der Waals surface area contributed by atoms with Crippen LogP contribution in [0.25, 0.3) is 0 Å². The van der Waals surface area contributed by atoms with E-state index in [0.717, 1.165) is 4.90 Å². The van der Waals surface area contributed by atoms with E-state index in [1.54, 1.807) is 42.5 Å². The molecule has 2 aromatic carbocycles. The molecular weight excluding hydrogens is 386 g/mol. The van der Waals surface area contributed by atoms with Crippen molar-refractivity contribution >= 4 is 35.2 Å². The minimum atomic E-state index is -0.940. The lowest BCUT2D eigenvalue weighted by Crippen LogP contribution is -2.38. The number of imide groups is 1. The van der Waals surface area contributed by atoms with Crippen molar-refractivity contribution in [3.8, 4) is 0 Å². The first-order valence-corrected chi connectivity index (χ1v) is 9.25. The summed E-state index contributed by atoms with van der Waals surface area (Å²) in [4.78, 5) is 52.2. The first kappa shape index (κ1) is 20.8. The third kappa shape index (κ3) is 4.22. The van der Waals surface area contributed by atoms with Gasteiger partial charge in [0.15, 0.2) is 0 Å². The third-order valence-electron chi connectivity index (χ3n) is 4.63. The number of methoxy groups -OCH3 is 1. The Morgan fingerprint density at radius 2 is 1.77 bits per heavy atom. The first-order chi connectivity index (χ1) is 14.5. The van der Waals surface area contributed by atoms with Crippen LogP contribution in [0.4, 0.5) is 16.2 Å². The minimum absolute atomic E-state index is 0.139. The van der Waals surface area contributed by atoms with Crippen molar-refractivity contribution in [2.75, 3.05) is 23.9 Å². The standard InChI is InChI=1S/C22H21N3O5/c1-3-13-24-18(20(27)25(22(24)29)17-7-5-4-6-8-17)14-19(26)23-16-11-9-15(10-12-16)21(28)30-2/h3-12,18H,1,13-14H2,2H3,(H,23,26)/t18-/m1/s1. The monoisotopic (exact) mass is 407 g/mol. The van der Waals surface area contributed by atoms with Crippen LogP contribution in [0.1, 0.15) is 16.8 Å². The highest BCUT2D eigenvalue weighted by Gasteiger charge is 2.46. The summed E-state index contributed by atoms with van der Waals surface area (Å²) in [6, 6.07) is 13.3. The third-order valence-corrected chi connectivity index (χ3v) is 4.63. The van der Waals surface area contributed by atoms with Gasteiger partial charge in [-0.05, 0) is 36.4 Å². The van der Waals surface area contributed by atoms with Crippen LogP contribution in [0.5, 0.6) is 0 Å². The molecule has 154 valence electrons. The van der Waals surface area contributed by atoms with Crippen molar-refractivity contribution in [1.82, 2.24) is 4.90 Å². The van der Waals surface area contributed by atoms with Crippen molar-refractivity contribution in [3.63, 3.8) is 0 Å². The summed E-state index contributed by atoms with van der Waals surface area (Å²) in [5, 5.41) is 2.68. The molecule has 1 atom stereocenters. The van der Waals surface area contributed by atoms with Gasteiger partial charge in [-0.3, -0.25) is 9.59 Å². The van der Waals surface area contributed by atoms with Crippen LogP contribution in [0.15, 0.2) is 67.3 Å². The molecule has 1 heterocycles. The zero-order valence-corrected chi connectivity index (χ0v) is 16.4. The predicted octanol–water partition coefficient (Wildman–Crippen LogP) is 2.83. The summed E-state index contributed by atoms with van der Waals surface area (Å²) in [7, 11) is 1.28. The van der Waals surface area contributed by atoms with Crippen LogP contribution < -0.4 is 10.2 Å². The van der Waals surface area contributed by atoms with Gasteiger partial charge in [-0.25, -0.2) is 14.5 Å². The van der Waals surface area contributed by atoms with Gasteiger partial charge in [0.1, 0.15) is 6.04 Å². The smallest absolute Gasteiger partial charge is 0.337 e. The fourth-order valence-electron chi connectivity index (χ4n) is 3.19. The van der Waals surface area contributed by atoms with Gasteiger partial charge < -0.3 is 15.0 Å². The number of hydrogen-bond donors (Lipinski definition) is 1. The largest absolute Gasteiger partial charge is 0.465 e. The molecule has 8 nitrogen and oxygen atoms in total. The van der Waals surface area contributed by atoms with Crippen LogP contribution in [-0.2, 0) is 14.3 Å². The van der Waals surface area contributed by atoms with Crippen LogP contribution in [-0.4, -0.2) is 48.4 Å². The summed E-state index contributed by atoms with van der Waals surface area (Å²) < 4.78 is 4.64. The maximum atomic E-state index is 12.9. The summed E-state index contributed by atoms with van der Waals surface area (Å²) in [5.74, 6) is -1.39. The van der Waals surface area contributed by atoms with Crippen molar-refractivity contribution in [2.45, 2.75) is 12.5 Å². The van der Waals surface area contributed by atoms with Gasteiger partial charge in [-0.15, -0.1) is 6.58 Å². The van der Waals surface area contributed by atoms with Crippen LogP contribution in [0, 0.1) is 0 Å². The second kappa shape index (κ2) is 9.04. The van der Waals surface area contributed by atoms with E-state index in [-0.39, 0.29) is 13.0 Å². The van der Waals surface area contributed by atoms with E-state index in [4.69, 9.17) is 0 Å². The molecule has 0 radical (unpaired) electrons. The number of anilines is 2. The van der Waals surface area contributed by atoms with Crippen LogP contribution in [0.3, 0.4) is 0 Å². The molecule has 4 amide bonds. The Bertz CT molecular complexity index is 972. The number of benzene rings is 2. The molecule has 0 bridgehead atoms. The Morgan fingerprint density at radius 3 is 2.37 bits per heavy atom. The molecule has 1 aliphatic heterocycles. The molecule has 1 saturated heterocycles. The fourth-order valence-corrected chi connectivity index (χ4v) is 3.19. The zero-order valence-electron chi connectivity index (χ0n) is 16.4. The maximum Gasteiger partial charge on any atom is 0.337 e. The highest BCUT2D eigenvalue weighted by Crippen LogP contribution is 2.27. The lowest BCUT2D eigenvalue weighted by molar-refractivity contribution is -0.124. The normalized spacial score (nSPS) is 15.8. The van der Waals surface area contributed by atoms with Gasteiger partial charge in [0.2, 0.25) is 5.91 Å². The van der Waals surface area contributed by atoms with Crippen molar-refractivity contribution in [1.29, 1.82) is 0 Å². The van der Waals surface area contributed by atoms with Gasteiger partial charge >= 0.3 is 12.0 Å². The first-order valence-electron chi connectivity index (χ1n) is 9.25. The number of urea groups is 1. The second-order valence-corrected chi connectivity index (χ2v) is 6.57. The molecule has 30 heavy (non-hydrogen) atoms. The summed E-state index contributed by atoms with van der Waals surface area (Å²) in [6.45, 7) is 3.77. The fraction of sp³-hybridized carbons (Fsp3) is 0.182. The van der Waals surface area contributed by atoms with E-state index in [1.807, 2.05) is 0 Å². The molecule has 0 spiro atoms. The highest BCUT2D eigenvalue weighted by molar-refractivity contribution is 6.22. The SMILES string of the molecule is C=CCN1C(=O)N(c2ccccc2)C(=O)[C@H]1CC(=O)Nc1ccc(C(=O)OC)cc1. The quantitative estimate of drug-likeness (QED) is 0.433. The number of hydrogen-bond acceptors (Lipinski definition) is 5. The van der Waals surface area contributed by atoms with Gasteiger partial charge in [0, 0.05) is 12.2 Å². The summed E-state index contributed by atoms with van der Waals surface area (Å²) in [6.07, 6.45) is 1.30. The molecule has 1 fully saturated rings. The van der Waals surface area contributed by atoms with E-state index in [2.05, 4.69) is 16.6 Å². The Labute approximate surface area is 173 Å². The molecule has 0 aromatic heterocycles. The number of para-hydroxylation sites is 1. The number of nitrogens with zero attached hydrogens (tertiary/aromatic N) is 2. The van der Waals surface area contributed by atoms with Gasteiger partial charge in [0.05, 0.1) is 24.8 Å². The Hall–Kier alpha value is -3.94. The Morgan fingerprint density at radius 1 is 1.10 bits per heavy atom. The molecule has 1 aliphatic rings. The van der Waals surface area contributed by atoms with E-state index in [0.29, 0.717) is 16.9 Å². The van der Waals surface area contributed by atoms with E-state index >= 15 is 0 Å². The molecule has 8 heteroatoms. The number of nitrogens with one attached hydrogen (secondary N) is 1. The number of ether oxygens (including phenoxy) is 1. The number of rotatable bonds is 7. The predicted molar refractivity (Wildman–Crippen MR) is 111 cm³/mol. The second-order valence-electron chi connectivity index (χ2n) is 6.57. The molecule has 0 unspecified atom stereocenters. The molecule has 2 aromatic rings. The van der Waals surface area contributed by atoms with E-state index < -0.39 is 29.9 Å². The lowest BCUT2D eigenvalue weighted by Gasteiger charge is -2.19. The maximum absolute atomic E-state index is 12.9. The zero-order chi connectivity index (χ0) is 21.7. The van der Waals surface area contributed by atoms with Crippen molar-refractivity contribution < 1.29 is 23.9 Å². The number of esters is 1. The van der Waals surface area contributed by atoms with Gasteiger partial charge in [0.25, 0.3) is 5.91 Å². The van der Waals surface area contributed by atoms with Gasteiger partial charge in [-0.2, -0.15) is 0 Å². The molecule has 0 saturated carbocycles. The Balaban J connectivity index is 1.74. The van der Waals surface area contributed by atoms with E-state index in [9.17, 15) is 19.2 Å². The molecule has 0 aliphatic carbocycles. The minimum Gasteiger partial charge on any atom is -0.465 e. The lowest BCUT2D eigenvalue weighted by atomic mass is 10.1. The number of carbonyl (C=O) groups is 4. The van der Waals surface area contributed by atoms with E-state index in [1.165, 1.54) is 30.2 Å². The van der Waals surface area contributed by atoms with Crippen LogP contribution >= 0.6 is 0 Å². The van der Waals surface area contributed by atoms with Crippen molar-refractivity contribution in [2.24, 2.45) is 0 Å². The number of carbonyl (C=O) groups excluding carboxylic acids is 4. The van der Waals surface area contributed by atoms with Crippen molar-refractivity contribution in [3.05, 3.63) is 72.8 Å². The molecular formula is C22H21N3O5. The summed E-state index contributed by atoms with van der Waals surface area (Å²) >= 11 is 0. The number of amides is 4. The average Bonchev–Trinajstić information content (AvgIpc) is 2.98. The Kier molecular flexibility index (Phi) is 6.26.